The fourth-order valence-corrected chi connectivity index (χ4v) is 3.01. The van der Waals surface area contributed by atoms with E-state index in [9.17, 15) is 0 Å². The second-order valence-electron chi connectivity index (χ2n) is 5.78. The van der Waals surface area contributed by atoms with E-state index in [0.717, 1.165) is 25.0 Å². The second kappa shape index (κ2) is 7.13. The van der Waals surface area contributed by atoms with E-state index in [1.165, 1.54) is 16.7 Å². The molecule has 1 heteroatoms. The number of benzene rings is 2. The van der Waals surface area contributed by atoms with Crippen molar-refractivity contribution in [2.45, 2.75) is 25.2 Å². The fourth-order valence-electron chi connectivity index (χ4n) is 3.01. The zero-order valence-corrected chi connectivity index (χ0v) is 13.0. The van der Waals surface area contributed by atoms with Crippen LogP contribution >= 0.6 is 0 Å². The van der Waals surface area contributed by atoms with Gasteiger partial charge in [0.2, 0.25) is 0 Å². The van der Waals surface area contributed by atoms with Crippen LogP contribution in [-0.2, 0) is 11.2 Å². The number of ether oxygens (including phenoxy) is 1. The first kappa shape index (κ1) is 14.6. The summed E-state index contributed by atoms with van der Waals surface area (Å²) in [6.07, 6.45) is 7.71. The summed E-state index contributed by atoms with van der Waals surface area (Å²) < 4.78 is 5.51. The van der Waals surface area contributed by atoms with Crippen molar-refractivity contribution in [1.29, 1.82) is 0 Å². The Labute approximate surface area is 133 Å². The Morgan fingerprint density at radius 2 is 1.59 bits per heavy atom. The van der Waals surface area contributed by atoms with Gasteiger partial charge in [0.25, 0.3) is 0 Å². The molecule has 0 N–H and O–H groups in total. The van der Waals surface area contributed by atoms with Crippen LogP contribution in [0.2, 0.25) is 0 Å². The smallest absolute Gasteiger partial charge is 0.115 e. The number of allylic oxidation sites excluding steroid dienone is 3. The van der Waals surface area contributed by atoms with Gasteiger partial charge in [-0.1, -0.05) is 66.2 Å². The molecular weight excluding hydrogens is 268 g/mol. The molecule has 0 heterocycles. The molecule has 0 saturated heterocycles. The molecule has 0 bridgehead atoms. The Bertz CT molecular complexity index is 653. The molecule has 1 unspecified atom stereocenters. The summed E-state index contributed by atoms with van der Waals surface area (Å²) in [5.41, 5.74) is 4.23. The van der Waals surface area contributed by atoms with Crippen LogP contribution in [0, 0.1) is 0 Å². The minimum absolute atomic E-state index is 0.423. The first-order chi connectivity index (χ1) is 10.8. The van der Waals surface area contributed by atoms with Crippen molar-refractivity contribution < 1.29 is 4.74 Å². The van der Waals surface area contributed by atoms with Gasteiger partial charge in [0, 0.05) is 5.92 Å². The van der Waals surface area contributed by atoms with Crippen molar-refractivity contribution in [3.63, 3.8) is 0 Å². The van der Waals surface area contributed by atoms with E-state index in [0.29, 0.717) is 5.92 Å². The van der Waals surface area contributed by atoms with E-state index in [1.54, 1.807) is 7.11 Å². The molecule has 0 spiro atoms. The van der Waals surface area contributed by atoms with Gasteiger partial charge < -0.3 is 4.74 Å². The molecule has 0 aromatic heterocycles. The van der Waals surface area contributed by atoms with E-state index in [2.05, 4.69) is 72.8 Å². The van der Waals surface area contributed by atoms with Crippen LogP contribution < -0.4 is 0 Å². The lowest BCUT2D eigenvalue weighted by molar-refractivity contribution is 0.301. The van der Waals surface area contributed by atoms with Crippen LogP contribution in [0.15, 0.2) is 84.1 Å². The Balaban J connectivity index is 1.72. The third-order valence-corrected chi connectivity index (χ3v) is 4.23. The molecule has 0 aliphatic heterocycles. The average molecular weight is 290 g/mol. The third kappa shape index (κ3) is 3.67. The Morgan fingerprint density at radius 3 is 2.27 bits per heavy atom. The maximum Gasteiger partial charge on any atom is 0.115 e. The van der Waals surface area contributed by atoms with Crippen molar-refractivity contribution in [1.82, 2.24) is 0 Å². The fraction of sp³-hybridized carbons (Fsp3) is 0.238. The monoisotopic (exact) mass is 290 g/mol. The van der Waals surface area contributed by atoms with Crippen LogP contribution in [0.25, 0.3) is 0 Å². The van der Waals surface area contributed by atoms with Gasteiger partial charge in [-0.05, 0) is 42.5 Å². The van der Waals surface area contributed by atoms with Gasteiger partial charge in [0.15, 0.2) is 0 Å². The molecule has 0 fully saturated rings. The summed E-state index contributed by atoms with van der Waals surface area (Å²) in [4.78, 5) is 0. The van der Waals surface area contributed by atoms with E-state index >= 15 is 0 Å². The number of hydrogen-bond acceptors (Lipinski definition) is 1. The average Bonchev–Trinajstić information content (AvgIpc) is 2.61. The summed E-state index contributed by atoms with van der Waals surface area (Å²) >= 11 is 0. The van der Waals surface area contributed by atoms with Gasteiger partial charge in [0.1, 0.15) is 5.76 Å². The molecule has 0 radical (unpaired) electrons. The zero-order valence-electron chi connectivity index (χ0n) is 13.0. The summed E-state index contributed by atoms with van der Waals surface area (Å²) in [6, 6.07) is 21.4. The SMILES string of the molecule is COC1=CC(c2ccccc2)CC(CCc2ccccc2)=C1. The topological polar surface area (TPSA) is 9.23 Å². The number of aryl methyl sites for hydroxylation is 1. The Morgan fingerprint density at radius 1 is 0.909 bits per heavy atom. The molecule has 1 aliphatic rings. The van der Waals surface area contributed by atoms with Gasteiger partial charge in [-0.15, -0.1) is 0 Å². The zero-order chi connectivity index (χ0) is 15.2. The molecule has 0 amide bonds. The molecule has 2 aromatic rings. The Kier molecular flexibility index (Phi) is 4.75. The minimum Gasteiger partial charge on any atom is -0.497 e. The Hall–Kier alpha value is -2.28. The lowest BCUT2D eigenvalue weighted by atomic mass is 9.85. The van der Waals surface area contributed by atoms with E-state index in [4.69, 9.17) is 4.74 Å². The molecule has 112 valence electrons. The van der Waals surface area contributed by atoms with Crippen LogP contribution in [0.3, 0.4) is 0 Å². The maximum absolute atomic E-state index is 5.51. The molecule has 1 nitrogen and oxygen atoms in total. The number of rotatable bonds is 5. The molecule has 1 aliphatic carbocycles. The highest BCUT2D eigenvalue weighted by Gasteiger charge is 2.17. The van der Waals surface area contributed by atoms with E-state index in [1.807, 2.05) is 0 Å². The molecular formula is C21H22O. The highest BCUT2D eigenvalue weighted by Crippen LogP contribution is 2.33. The lowest BCUT2D eigenvalue weighted by Gasteiger charge is -2.22. The van der Waals surface area contributed by atoms with Crippen molar-refractivity contribution >= 4 is 0 Å². The number of methoxy groups -OCH3 is 1. The molecule has 22 heavy (non-hydrogen) atoms. The van der Waals surface area contributed by atoms with E-state index in [-0.39, 0.29) is 0 Å². The van der Waals surface area contributed by atoms with Gasteiger partial charge >= 0.3 is 0 Å². The number of hydrogen-bond donors (Lipinski definition) is 0. The molecule has 0 saturated carbocycles. The first-order valence-corrected chi connectivity index (χ1v) is 7.89. The third-order valence-electron chi connectivity index (χ3n) is 4.23. The predicted octanol–water partition coefficient (Wildman–Crippen LogP) is 5.26. The minimum atomic E-state index is 0.423. The van der Waals surface area contributed by atoms with Crippen molar-refractivity contribution in [2.75, 3.05) is 7.11 Å². The summed E-state index contributed by atoms with van der Waals surface area (Å²) in [7, 11) is 1.75. The summed E-state index contributed by atoms with van der Waals surface area (Å²) in [6.45, 7) is 0. The van der Waals surface area contributed by atoms with E-state index < -0.39 is 0 Å². The van der Waals surface area contributed by atoms with Crippen LogP contribution in [0.4, 0.5) is 0 Å². The predicted molar refractivity (Wildman–Crippen MR) is 91.7 cm³/mol. The largest absolute Gasteiger partial charge is 0.497 e. The molecule has 3 rings (SSSR count). The molecule has 2 aromatic carbocycles. The molecule has 1 atom stereocenters. The van der Waals surface area contributed by atoms with Gasteiger partial charge in [0.05, 0.1) is 7.11 Å². The highest BCUT2D eigenvalue weighted by molar-refractivity contribution is 5.35. The maximum atomic E-state index is 5.51. The first-order valence-electron chi connectivity index (χ1n) is 7.89. The van der Waals surface area contributed by atoms with Crippen LogP contribution in [0.1, 0.15) is 29.9 Å². The van der Waals surface area contributed by atoms with Crippen molar-refractivity contribution in [3.8, 4) is 0 Å². The standard InChI is InChI=1S/C21H22O/c1-22-21-15-18(13-12-17-8-4-2-5-9-17)14-20(16-21)19-10-6-3-7-11-19/h2-11,15-16,20H,12-14H2,1H3. The lowest BCUT2D eigenvalue weighted by Crippen LogP contribution is -2.06. The normalized spacial score (nSPS) is 17.6. The van der Waals surface area contributed by atoms with Gasteiger partial charge in [-0.25, -0.2) is 0 Å². The van der Waals surface area contributed by atoms with Crippen LogP contribution in [-0.4, -0.2) is 7.11 Å². The highest BCUT2D eigenvalue weighted by atomic mass is 16.5. The van der Waals surface area contributed by atoms with Crippen LogP contribution in [0.5, 0.6) is 0 Å². The van der Waals surface area contributed by atoms with Gasteiger partial charge in [-0.2, -0.15) is 0 Å². The second-order valence-corrected chi connectivity index (χ2v) is 5.78. The quantitative estimate of drug-likeness (QED) is 0.729. The van der Waals surface area contributed by atoms with Crippen molar-refractivity contribution in [2.24, 2.45) is 0 Å². The summed E-state index contributed by atoms with van der Waals surface area (Å²) in [5.74, 6) is 1.41. The van der Waals surface area contributed by atoms with Crippen molar-refractivity contribution in [3.05, 3.63) is 95.3 Å². The van der Waals surface area contributed by atoms with Gasteiger partial charge in [-0.3, -0.25) is 0 Å². The summed E-state index contributed by atoms with van der Waals surface area (Å²) in [5, 5.41) is 0.